The summed E-state index contributed by atoms with van der Waals surface area (Å²) in [4.78, 5) is 36.9. The van der Waals surface area contributed by atoms with Crippen LogP contribution in [0.1, 0.15) is 181 Å². The molecule has 0 spiro atoms. The Hall–Kier alpha value is -3.09. The minimum absolute atomic E-state index is 0.176. The Morgan fingerprint density at radius 2 is 0.983 bits per heavy atom. The van der Waals surface area contributed by atoms with E-state index < -0.39 is 61.3 Å². The van der Waals surface area contributed by atoms with Crippen molar-refractivity contribution in [1.29, 1.82) is 0 Å². The average molecular weight is 847 g/mol. The van der Waals surface area contributed by atoms with E-state index in [2.05, 4.69) is 74.6 Å². The minimum Gasteiger partial charge on any atom is -0.479 e. The Kier molecular flexibility index (Phi) is 35.5. The van der Waals surface area contributed by atoms with Crippen LogP contribution in [-0.4, -0.2) is 88.4 Å². The first kappa shape index (κ1) is 54.9. The number of carbonyl (C=O) groups excluding carboxylic acids is 2. The summed E-state index contributed by atoms with van der Waals surface area (Å²) in [6, 6.07) is 0. The van der Waals surface area contributed by atoms with E-state index in [1.54, 1.807) is 0 Å². The quantitative estimate of drug-likeness (QED) is 0.0265. The first-order valence-corrected chi connectivity index (χ1v) is 23.3. The summed E-state index contributed by atoms with van der Waals surface area (Å²) in [5.74, 6) is -2.49. The summed E-state index contributed by atoms with van der Waals surface area (Å²) in [6.07, 6.45) is 38.4. The lowest BCUT2D eigenvalue weighted by atomic mass is 9.99. The Labute approximate surface area is 362 Å². The molecule has 0 aromatic carbocycles. The third-order valence-electron chi connectivity index (χ3n) is 10.4. The number of rotatable bonds is 38. The van der Waals surface area contributed by atoms with Crippen LogP contribution in [0.4, 0.5) is 0 Å². The second-order valence-corrected chi connectivity index (χ2v) is 15.9. The second kappa shape index (κ2) is 38.8. The van der Waals surface area contributed by atoms with Gasteiger partial charge in [0.15, 0.2) is 18.5 Å². The number of aliphatic carboxylic acids is 1. The van der Waals surface area contributed by atoms with Crippen molar-refractivity contribution in [2.75, 3.05) is 13.2 Å². The van der Waals surface area contributed by atoms with Crippen LogP contribution >= 0.6 is 0 Å². The summed E-state index contributed by atoms with van der Waals surface area (Å²) >= 11 is 0. The summed E-state index contributed by atoms with van der Waals surface area (Å²) < 4.78 is 21.7. The fraction of sp³-hybridized carbons (Fsp3) is 0.735. The van der Waals surface area contributed by atoms with Gasteiger partial charge < -0.3 is 39.4 Å². The number of allylic oxidation sites excluding steroid dienone is 10. The standard InChI is InChI=1S/C49H82O11/c1-3-5-7-9-11-13-15-17-19-20-21-22-24-25-27-29-31-33-35-37-42(50)57-39-41(40-58-49-46(54)44(52)45(53)47(60-49)48(55)56)59-43(51)38-36-34-32-30-28-26-23-18-16-14-12-10-8-6-4-2/h5,7,11,13,17,19,21-22,25,27,41,44-47,49,52-54H,3-4,6,8-10,12,14-16,18,20,23-24,26,28-40H2,1-2H3,(H,55,56)/b7-5-,13-11-,19-17-,22-21-,27-25-. The molecule has 1 aliphatic rings. The molecule has 11 heteroatoms. The molecule has 11 nitrogen and oxygen atoms in total. The van der Waals surface area contributed by atoms with Crippen LogP contribution in [0.25, 0.3) is 0 Å². The van der Waals surface area contributed by atoms with E-state index in [9.17, 15) is 34.8 Å². The van der Waals surface area contributed by atoms with E-state index >= 15 is 0 Å². The highest BCUT2D eigenvalue weighted by molar-refractivity contribution is 5.73. The van der Waals surface area contributed by atoms with Gasteiger partial charge in [0.2, 0.25) is 0 Å². The lowest BCUT2D eigenvalue weighted by Crippen LogP contribution is -2.60. The van der Waals surface area contributed by atoms with Gasteiger partial charge in [-0.15, -0.1) is 0 Å². The predicted molar refractivity (Wildman–Crippen MR) is 238 cm³/mol. The molecule has 0 aliphatic carbocycles. The van der Waals surface area contributed by atoms with Crippen molar-refractivity contribution >= 4 is 17.9 Å². The SMILES string of the molecule is CC/C=C\C/C=C\C/C=C\C/C=C\C/C=C\CCCCCC(=O)OCC(COC1OC(C(=O)O)C(O)C(O)C1O)OC(=O)CCCCCCCCCCCCCCCCC. The number of carbonyl (C=O) groups is 3. The molecule has 0 aromatic heterocycles. The highest BCUT2D eigenvalue weighted by atomic mass is 16.7. The molecular formula is C49H82O11. The van der Waals surface area contributed by atoms with Crippen molar-refractivity contribution in [1.82, 2.24) is 0 Å². The van der Waals surface area contributed by atoms with Crippen LogP contribution in [0.2, 0.25) is 0 Å². The van der Waals surface area contributed by atoms with Gasteiger partial charge in [0.1, 0.15) is 24.9 Å². The number of ether oxygens (including phenoxy) is 4. The van der Waals surface area contributed by atoms with Crippen molar-refractivity contribution in [3.05, 3.63) is 60.8 Å². The summed E-state index contributed by atoms with van der Waals surface area (Å²) in [6.45, 7) is 3.67. The molecule has 0 aromatic rings. The van der Waals surface area contributed by atoms with Crippen LogP contribution in [0.3, 0.4) is 0 Å². The Morgan fingerprint density at radius 1 is 0.533 bits per heavy atom. The maximum atomic E-state index is 12.8. The first-order valence-electron chi connectivity index (χ1n) is 23.3. The molecule has 1 aliphatic heterocycles. The first-order chi connectivity index (χ1) is 29.2. The van der Waals surface area contributed by atoms with E-state index in [1.165, 1.54) is 70.6 Å². The molecule has 1 rings (SSSR count). The van der Waals surface area contributed by atoms with Gasteiger partial charge in [-0.25, -0.2) is 4.79 Å². The summed E-state index contributed by atoms with van der Waals surface area (Å²) in [5, 5.41) is 39.8. The molecule has 344 valence electrons. The topological polar surface area (TPSA) is 169 Å². The molecule has 60 heavy (non-hydrogen) atoms. The van der Waals surface area contributed by atoms with Gasteiger partial charge in [-0.2, -0.15) is 0 Å². The number of aliphatic hydroxyl groups excluding tert-OH is 3. The molecule has 6 unspecified atom stereocenters. The van der Waals surface area contributed by atoms with Crippen molar-refractivity contribution < 1.29 is 53.8 Å². The van der Waals surface area contributed by atoms with E-state index in [0.29, 0.717) is 12.8 Å². The lowest BCUT2D eigenvalue weighted by Gasteiger charge is -2.38. The molecule has 6 atom stereocenters. The van der Waals surface area contributed by atoms with E-state index in [-0.39, 0.29) is 19.4 Å². The Morgan fingerprint density at radius 3 is 1.48 bits per heavy atom. The van der Waals surface area contributed by atoms with Crippen LogP contribution in [0.15, 0.2) is 60.8 Å². The van der Waals surface area contributed by atoms with Crippen molar-refractivity contribution in [3.8, 4) is 0 Å². The normalized spacial score (nSPS) is 20.3. The number of hydrogen-bond donors (Lipinski definition) is 4. The van der Waals surface area contributed by atoms with Gasteiger partial charge in [0.25, 0.3) is 0 Å². The summed E-state index contributed by atoms with van der Waals surface area (Å²) in [7, 11) is 0. The summed E-state index contributed by atoms with van der Waals surface area (Å²) in [5.41, 5.74) is 0. The molecule has 0 amide bonds. The molecule has 1 saturated heterocycles. The van der Waals surface area contributed by atoms with Crippen molar-refractivity contribution in [2.45, 2.75) is 218 Å². The minimum atomic E-state index is -1.87. The zero-order valence-corrected chi connectivity index (χ0v) is 37.2. The van der Waals surface area contributed by atoms with Gasteiger partial charge in [0.05, 0.1) is 6.61 Å². The molecule has 0 bridgehead atoms. The van der Waals surface area contributed by atoms with Gasteiger partial charge in [-0.3, -0.25) is 9.59 Å². The number of esters is 2. The van der Waals surface area contributed by atoms with Crippen molar-refractivity contribution in [3.63, 3.8) is 0 Å². The zero-order valence-electron chi connectivity index (χ0n) is 37.2. The van der Waals surface area contributed by atoms with Crippen LogP contribution in [0.5, 0.6) is 0 Å². The van der Waals surface area contributed by atoms with Crippen molar-refractivity contribution in [2.24, 2.45) is 0 Å². The molecular weight excluding hydrogens is 765 g/mol. The highest BCUT2D eigenvalue weighted by Crippen LogP contribution is 2.23. The number of unbranched alkanes of at least 4 members (excludes halogenated alkanes) is 17. The smallest absolute Gasteiger partial charge is 0.335 e. The number of carboxylic acid groups (broad SMARTS) is 1. The van der Waals surface area contributed by atoms with Crippen LogP contribution < -0.4 is 0 Å². The predicted octanol–water partition coefficient (Wildman–Crippen LogP) is 10.3. The Bertz CT molecular complexity index is 1230. The molecule has 4 N–H and O–H groups in total. The number of aliphatic hydroxyl groups is 3. The fourth-order valence-corrected chi connectivity index (χ4v) is 6.73. The third-order valence-corrected chi connectivity index (χ3v) is 10.4. The van der Waals surface area contributed by atoms with E-state index in [1.807, 2.05) is 0 Å². The monoisotopic (exact) mass is 847 g/mol. The second-order valence-electron chi connectivity index (χ2n) is 15.9. The van der Waals surface area contributed by atoms with E-state index in [0.717, 1.165) is 70.6 Å². The lowest BCUT2D eigenvalue weighted by molar-refractivity contribution is -0.298. The maximum absolute atomic E-state index is 12.8. The van der Waals surface area contributed by atoms with Gasteiger partial charge >= 0.3 is 17.9 Å². The fourth-order valence-electron chi connectivity index (χ4n) is 6.73. The van der Waals surface area contributed by atoms with Gasteiger partial charge in [-0.05, 0) is 57.8 Å². The highest BCUT2D eigenvalue weighted by Gasteiger charge is 2.47. The molecule has 1 fully saturated rings. The van der Waals surface area contributed by atoms with Gasteiger partial charge in [-0.1, -0.05) is 171 Å². The Balaban J connectivity index is 2.38. The number of hydrogen-bond acceptors (Lipinski definition) is 10. The van der Waals surface area contributed by atoms with E-state index in [4.69, 9.17) is 18.9 Å². The molecule has 1 heterocycles. The average Bonchev–Trinajstić information content (AvgIpc) is 3.23. The van der Waals surface area contributed by atoms with Crippen LogP contribution in [-0.2, 0) is 33.3 Å². The van der Waals surface area contributed by atoms with Gasteiger partial charge in [0, 0.05) is 12.8 Å². The molecule has 0 radical (unpaired) electrons. The largest absolute Gasteiger partial charge is 0.479 e. The number of carboxylic acids is 1. The third kappa shape index (κ3) is 30.0. The zero-order chi connectivity index (χ0) is 43.9. The van der Waals surface area contributed by atoms with Crippen LogP contribution in [0, 0.1) is 0 Å². The maximum Gasteiger partial charge on any atom is 0.335 e. The molecule has 0 saturated carbocycles.